The van der Waals surface area contributed by atoms with E-state index < -0.39 is 48.7 Å². The summed E-state index contributed by atoms with van der Waals surface area (Å²) in [6.07, 6.45) is 2.19. The zero-order valence-electron chi connectivity index (χ0n) is 22.6. The van der Waals surface area contributed by atoms with Crippen LogP contribution in [0.4, 0.5) is 13.2 Å². The van der Waals surface area contributed by atoms with E-state index >= 15 is 8.78 Å². The normalized spacial score (nSPS) is 21.1. The molecule has 0 bridgehead atoms. The summed E-state index contributed by atoms with van der Waals surface area (Å²) in [6.45, 7) is 2.27. The minimum atomic E-state index is -3.15. The number of thiazole rings is 1. The Balaban J connectivity index is 1.74. The van der Waals surface area contributed by atoms with Crippen LogP contribution in [-0.2, 0) is 19.1 Å². The van der Waals surface area contributed by atoms with Crippen LogP contribution < -0.4 is 5.32 Å². The smallest absolute Gasteiger partial charge is 0.336 e. The lowest BCUT2D eigenvalue weighted by Gasteiger charge is -2.40. The summed E-state index contributed by atoms with van der Waals surface area (Å²) in [5.74, 6) is -7.41. The molecule has 2 aromatic rings. The molecule has 2 atom stereocenters. The van der Waals surface area contributed by atoms with Gasteiger partial charge in [0.15, 0.2) is 0 Å². The van der Waals surface area contributed by atoms with Gasteiger partial charge >= 0.3 is 11.9 Å². The number of ether oxygens (including phenoxy) is 2. The van der Waals surface area contributed by atoms with Gasteiger partial charge in [-0.1, -0.05) is 24.6 Å². The summed E-state index contributed by atoms with van der Waals surface area (Å²) in [4.78, 5) is 30.2. The maximum absolute atomic E-state index is 15.2. The minimum absolute atomic E-state index is 0.0341. The van der Waals surface area contributed by atoms with Crippen molar-refractivity contribution >= 4 is 40.6 Å². The molecule has 2 N–H and O–H groups in total. The van der Waals surface area contributed by atoms with Crippen molar-refractivity contribution in [2.75, 3.05) is 39.5 Å². The van der Waals surface area contributed by atoms with E-state index in [4.69, 9.17) is 26.2 Å². The predicted molar refractivity (Wildman–Crippen MR) is 148 cm³/mol. The third-order valence-corrected chi connectivity index (χ3v) is 8.22. The van der Waals surface area contributed by atoms with Gasteiger partial charge in [-0.15, -0.1) is 11.3 Å². The van der Waals surface area contributed by atoms with E-state index in [0.29, 0.717) is 28.4 Å². The van der Waals surface area contributed by atoms with Crippen molar-refractivity contribution in [1.82, 2.24) is 15.2 Å². The Kier molecular flexibility index (Phi) is 10.1. The molecule has 1 aromatic heterocycles. The van der Waals surface area contributed by atoms with Crippen molar-refractivity contribution in [2.45, 2.75) is 38.5 Å². The maximum atomic E-state index is 15.2. The van der Waals surface area contributed by atoms with Crippen LogP contribution in [0.15, 0.2) is 46.6 Å². The number of rotatable bonds is 11. The fourth-order valence-electron chi connectivity index (χ4n) is 5.27. The second-order valence-electron chi connectivity index (χ2n) is 9.79. The first kappa shape index (κ1) is 31.0. The Hall–Kier alpha value is -2.93. The van der Waals surface area contributed by atoms with Crippen molar-refractivity contribution in [2.24, 2.45) is 5.92 Å². The first-order chi connectivity index (χ1) is 19.6. The number of hydrogen-bond acceptors (Lipinski definition) is 8. The van der Waals surface area contributed by atoms with E-state index in [1.54, 1.807) is 18.5 Å². The predicted octanol–water partition coefficient (Wildman–Crippen LogP) is 5.32. The third-order valence-electron chi connectivity index (χ3n) is 7.11. The highest BCUT2D eigenvalue weighted by Crippen LogP contribution is 2.45. The van der Waals surface area contributed by atoms with Crippen LogP contribution in [0.1, 0.15) is 43.2 Å². The van der Waals surface area contributed by atoms with Crippen LogP contribution in [-0.4, -0.2) is 72.3 Å². The number of carbonyl (C=O) groups excluding carboxylic acids is 1. The molecule has 4 rings (SSSR count). The topological polar surface area (TPSA) is 101 Å². The Morgan fingerprint density at radius 1 is 1.32 bits per heavy atom. The molecule has 8 nitrogen and oxygen atoms in total. The lowest BCUT2D eigenvalue weighted by atomic mass is 9.78. The summed E-state index contributed by atoms with van der Waals surface area (Å²) in [5, 5.41) is 14.7. The van der Waals surface area contributed by atoms with Gasteiger partial charge in [-0.25, -0.2) is 27.7 Å². The van der Waals surface area contributed by atoms with Crippen LogP contribution in [0.5, 0.6) is 0 Å². The van der Waals surface area contributed by atoms with Crippen LogP contribution in [0.2, 0.25) is 5.02 Å². The van der Waals surface area contributed by atoms with E-state index in [1.165, 1.54) is 34.4 Å². The quantitative estimate of drug-likeness (QED) is 0.329. The van der Waals surface area contributed by atoms with Crippen molar-refractivity contribution in [3.8, 4) is 0 Å². The van der Waals surface area contributed by atoms with Gasteiger partial charge in [0, 0.05) is 40.7 Å². The number of esters is 1. The number of carboxylic acids is 1. The molecule has 1 aromatic carbocycles. The number of halogens is 4. The molecule has 1 fully saturated rings. The molecule has 1 unspecified atom stereocenters. The second-order valence-corrected chi connectivity index (χ2v) is 11.1. The van der Waals surface area contributed by atoms with Crippen molar-refractivity contribution in [3.63, 3.8) is 0 Å². The summed E-state index contributed by atoms with van der Waals surface area (Å²) in [7, 11) is 0. The molecule has 13 heteroatoms. The number of allylic oxidation sites excluding steroid dienone is 1. The molecule has 0 spiro atoms. The number of piperidine rings is 1. The van der Waals surface area contributed by atoms with Crippen molar-refractivity contribution in [1.29, 1.82) is 0 Å². The summed E-state index contributed by atoms with van der Waals surface area (Å²) in [5.41, 5.74) is 2.49. The average molecular weight is 614 g/mol. The molecule has 0 amide bonds. The minimum Gasteiger partial charge on any atom is -0.480 e. The molecule has 3 heterocycles. The van der Waals surface area contributed by atoms with Gasteiger partial charge in [-0.05, 0) is 49.6 Å². The van der Waals surface area contributed by atoms with Gasteiger partial charge in [0.1, 0.15) is 17.4 Å². The summed E-state index contributed by atoms with van der Waals surface area (Å²) < 4.78 is 54.7. The summed E-state index contributed by atoms with van der Waals surface area (Å²) >= 11 is 7.91. The largest absolute Gasteiger partial charge is 0.480 e. The first-order valence-corrected chi connectivity index (χ1v) is 14.5. The van der Waals surface area contributed by atoms with E-state index in [0.717, 1.165) is 5.57 Å². The highest BCUT2D eigenvalue weighted by Gasteiger charge is 2.46. The van der Waals surface area contributed by atoms with E-state index in [2.05, 4.69) is 10.3 Å². The summed E-state index contributed by atoms with van der Waals surface area (Å²) in [6, 6.07) is 3.96. The number of benzene rings is 1. The monoisotopic (exact) mass is 613 g/mol. The van der Waals surface area contributed by atoms with E-state index in [-0.39, 0.29) is 43.3 Å². The number of hydrogen-bond donors (Lipinski definition) is 2. The number of carboxylic acid groups (broad SMARTS) is 1. The van der Waals surface area contributed by atoms with Crippen LogP contribution in [0.25, 0.3) is 5.70 Å². The average Bonchev–Trinajstić information content (AvgIpc) is 3.44. The number of alkyl halides is 2. The number of aromatic nitrogens is 1. The molecule has 2 aliphatic heterocycles. The Morgan fingerprint density at radius 2 is 2.10 bits per heavy atom. The highest BCUT2D eigenvalue weighted by molar-refractivity contribution is 7.10. The molecular formula is C28H31ClF3N3O5S. The fraction of sp³-hybridized carbons (Fsp3) is 0.464. The Bertz CT molecular complexity index is 1340. The fourth-order valence-corrected chi connectivity index (χ4v) is 6.22. The van der Waals surface area contributed by atoms with Gasteiger partial charge in [0.05, 0.1) is 31.0 Å². The lowest BCUT2D eigenvalue weighted by molar-refractivity contribution is -0.151. The van der Waals surface area contributed by atoms with E-state index in [9.17, 15) is 14.0 Å². The number of dihydropyridines is 1. The molecule has 0 aliphatic carbocycles. The first-order valence-electron chi connectivity index (χ1n) is 13.2. The maximum Gasteiger partial charge on any atom is 0.336 e. The van der Waals surface area contributed by atoms with Gasteiger partial charge < -0.3 is 19.9 Å². The number of nitrogens with one attached hydrogen (secondary N) is 1. The zero-order chi connectivity index (χ0) is 29.7. The lowest BCUT2D eigenvalue weighted by Crippen LogP contribution is -2.51. The SMILES string of the molecule is CCOC(=O)C1=C(CN2CCC(COCC(=O)O)C(F)(F)C2)NC(c2nccs2)=C(CC)[C@H]1c1ccc(F)cc1Cl. The van der Waals surface area contributed by atoms with Gasteiger partial charge in [-0.3, -0.25) is 4.90 Å². The number of likely N-dealkylation sites (tertiary alicyclic amines) is 1. The van der Waals surface area contributed by atoms with Crippen LogP contribution >= 0.6 is 22.9 Å². The Labute approximate surface area is 244 Å². The highest BCUT2D eigenvalue weighted by atomic mass is 35.5. The van der Waals surface area contributed by atoms with E-state index in [1.807, 2.05) is 6.92 Å². The van der Waals surface area contributed by atoms with Gasteiger partial charge in [-0.2, -0.15) is 0 Å². The molecule has 1 saturated heterocycles. The zero-order valence-corrected chi connectivity index (χ0v) is 24.2. The van der Waals surface area contributed by atoms with Crippen molar-refractivity contribution in [3.05, 3.63) is 68.0 Å². The number of nitrogens with zero attached hydrogens (tertiary/aromatic N) is 2. The van der Waals surface area contributed by atoms with Crippen LogP contribution in [0, 0.1) is 11.7 Å². The second kappa shape index (κ2) is 13.4. The van der Waals surface area contributed by atoms with Gasteiger partial charge in [0.2, 0.25) is 0 Å². The van der Waals surface area contributed by atoms with Crippen molar-refractivity contribution < 1.29 is 37.3 Å². The number of aliphatic carboxylic acids is 1. The third kappa shape index (κ3) is 7.11. The molecular weight excluding hydrogens is 583 g/mol. The van der Waals surface area contributed by atoms with Gasteiger partial charge in [0.25, 0.3) is 5.92 Å². The molecule has 2 aliphatic rings. The Morgan fingerprint density at radius 3 is 2.71 bits per heavy atom. The standard InChI is InChI=1S/C28H31ClF3N3O5S/c1-3-18-23(19-6-5-17(30)11-20(19)29)24(27(38)40-4-2)21(34-25(18)26-33-8-10-41-26)12-35-9-7-16(28(31,32)15-35)13-39-14-22(36)37/h5-6,8,10-11,16,23,34H,3-4,7,9,12-15H2,1-2H3,(H,36,37)/t16?,23-/m0/s1. The molecule has 0 saturated carbocycles. The molecule has 0 radical (unpaired) electrons. The molecule has 222 valence electrons. The van der Waals surface area contributed by atoms with Crippen LogP contribution in [0.3, 0.4) is 0 Å². The number of carbonyl (C=O) groups is 2. The molecule has 41 heavy (non-hydrogen) atoms.